The topological polar surface area (TPSA) is 50.4 Å². The minimum Gasteiger partial charge on any atom is -0.481 e. The van der Waals surface area contributed by atoms with Gasteiger partial charge in [0.25, 0.3) is 0 Å². The number of carboxylic acid groups (broad SMARTS) is 1. The Morgan fingerprint density at radius 2 is 2.00 bits per heavy atom. The van der Waals surface area contributed by atoms with Crippen LogP contribution in [0.1, 0.15) is 31.2 Å². The quantitative estimate of drug-likeness (QED) is 0.860. The normalized spacial score (nSPS) is 18.6. The highest BCUT2D eigenvalue weighted by molar-refractivity contribution is 5.85. The zero-order valence-electron chi connectivity index (χ0n) is 9.48. The highest BCUT2D eigenvalue weighted by atomic mass is 16.4. The number of hydrogen-bond acceptors (Lipinski definition) is 2. The Bertz CT molecular complexity index is 562. The predicted molar refractivity (Wildman–Crippen MR) is 64.0 cm³/mol. The van der Waals surface area contributed by atoms with E-state index in [0.29, 0.717) is 0 Å². The Hall–Kier alpha value is -1.77. The lowest BCUT2D eigenvalue weighted by Gasteiger charge is -2.24. The molecule has 0 amide bonds. The zero-order valence-corrected chi connectivity index (χ0v) is 9.48. The number of rotatable bonds is 2. The van der Waals surface area contributed by atoms with Crippen molar-refractivity contribution < 1.29 is 14.3 Å². The maximum atomic E-state index is 11.6. The Labute approximate surface area is 99.0 Å². The molecule has 17 heavy (non-hydrogen) atoms. The van der Waals surface area contributed by atoms with Crippen molar-refractivity contribution >= 4 is 16.9 Å². The first-order valence-electron chi connectivity index (χ1n) is 5.93. The molecule has 1 aliphatic carbocycles. The van der Waals surface area contributed by atoms with E-state index in [9.17, 15) is 9.90 Å². The Morgan fingerprint density at radius 3 is 2.71 bits per heavy atom. The number of aliphatic carboxylic acids is 1. The fourth-order valence-corrected chi connectivity index (χ4v) is 2.87. The maximum Gasteiger partial charge on any atom is 0.314 e. The first-order valence-corrected chi connectivity index (χ1v) is 5.93. The molecule has 1 saturated carbocycles. The fourth-order valence-electron chi connectivity index (χ4n) is 2.87. The maximum absolute atomic E-state index is 11.6. The van der Waals surface area contributed by atoms with Gasteiger partial charge in [-0.3, -0.25) is 4.79 Å². The number of fused-ring (bicyclic) bond motifs is 1. The molecule has 3 heteroatoms. The van der Waals surface area contributed by atoms with Crippen LogP contribution < -0.4 is 0 Å². The molecule has 0 atom stereocenters. The molecule has 88 valence electrons. The van der Waals surface area contributed by atoms with Gasteiger partial charge in [-0.25, -0.2) is 0 Å². The van der Waals surface area contributed by atoms with Crippen molar-refractivity contribution in [1.29, 1.82) is 0 Å². The Kier molecular flexibility index (Phi) is 2.21. The van der Waals surface area contributed by atoms with Crippen LogP contribution in [-0.4, -0.2) is 11.1 Å². The van der Waals surface area contributed by atoms with Crippen molar-refractivity contribution in [2.75, 3.05) is 0 Å². The van der Waals surface area contributed by atoms with Crippen LogP contribution in [0.2, 0.25) is 0 Å². The summed E-state index contributed by atoms with van der Waals surface area (Å²) in [7, 11) is 0. The number of benzene rings is 1. The van der Waals surface area contributed by atoms with Crippen LogP contribution >= 0.6 is 0 Å². The average Bonchev–Trinajstić information content (AvgIpc) is 2.97. The zero-order chi connectivity index (χ0) is 11.9. The molecule has 2 aromatic rings. The van der Waals surface area contributed by atoms with E-state index in [1.54, 1.807) is 6.26 Å². The molecule has 1 N–H and O–H groups in total. The number of carbonyl (C=O) groups is 1. The monoisotopic (exact) mass is 230 g/mol. The summed E-state index contributed by atoms with van der Waals surface area (Å²) in [4.78, 5) is 11.6. The third kappa shape index (κ3) is 1.46. The SMILES string of the molecule is O=C(O)C1(c2ccc3occc3c2)CCCC1. The van der Waals surface area contributed by atoms with Crippen LogP contribution in [0.3, 0.4) is 0 Å². The first-order chi connectivity index (χ1) is 8.22. The largest absolute Gasteiger partial charge is 0.481 e. The minimum atomic E-state index is -0.696. The van der Waals surface area contributed by atoms with E-state index >= 15 is 0 Å². The van der Waals surface area contributed by atoms with E-state index in [1.165, 1.54) is 0 Å². The summed E-state index contributed by atoms with van der Waals surface area (Å²) in [6.07, 6.45) is 5.11. The van der Waals surface area contributed by atoms with Crippen LogP contribution in [0.15, 0.2) is 34.9 Å². The summed E-state index contributed by atoms with van der Waals surface area (Å²) in [6, 6.07) is 7.60. The van der Waals surface area contributed by atoms with E-state index in [-0.39, 0.29) is 0 Å². The average molecular weight is 230 g/mol. The molecule has 1 aromatic carbocycles. The summed E-state index contributed by atoms with van der Waals surface area (Å²) >= 11 is 0. The smallest absolute Gasteiger partial charge is 0.314 e. The standard InChI is InChI=1S/C14H14O3/c15-13(16)14(6-1-2-7-14)11-3-4-12-10(9-11)5-8-17-12/h3-5,8-9H,1-2,6-7H2,(H,15,16). The molecule has 3 rings (SSSR count). The minimum absolute atomic E-state index is 0.675. The van der Waals surface area contributed by atoms with Crippen molar-refractivity contribution in [3.63, 3.8) is 0 Å². The first kappa shape index (κ1) is 10.4. The van der Waals surface area contributed by atoms with E-state index < -0.39 is 11.4 Å². The summed E-state index contributed by atoms with van der Waals surface area (Å²) < 4.78 is 5.28. The number of furan rings is 1. The van der Waals surface area contributed by atoms with Crippen LogP contribution in [0.25, 0.3) is 11.0 Å². The van der Waals surface area contributed by atoms with Gasteiger partial charge in [-0.2, -0.15) is 0 Å². The van der Waals surface area contributed by atoms with E-state index in [1.807, 2.05) is 24.3 Å². The highest BCUT2D eigenvalue weighted by Crippen LogP contribution is 2.42. The second kappa shape index (κ2) is 3.62. The van der Waals surface area contributed by atoms with E-state index in [0.717, 1.165) is 42.2 Å². The molecule has 0 spiro atoms. The molecule has 0 radical (unpaired) electrons. The van der Waals surface area contributed by atoms with Gasteiger partial charge in [0.05, 0.1) is 11.7 Å². The fraction of sp³-hybridized carbons (Fsp3) is 0.357. The van der Waals surface area contributed by atoms with Gasteiger partial charge in [-0.1, -0.05) is 18.9 Å². The van der Waals surface area contributed by atoms with Crippen molar-refractivity contribution in [2.24, 2.45) is 0 Å². The summed E-state index contributed by atoms with van der Waals surface area (Å²) in [5, 5.41) is 10.5. The molecule has 0 bridgehead atoms. The predicted octanol–water partition coefficient (Wildman–Crippen LogP) is 3.33. The van der Waals surface area contributed by atoms with E-state index in [2.05, 4.69) is 0 Å². The van der Waals surface area contributed by atoms with Gasteiger partial charge in [0, 0.05) is 5.39 Å². The van der Waals surface area contributed by atoms with Gasteiger partial charge in [-0.15, -0.1) is 0 Å². The van der Waals surface area contributed by atoms with Crippen LogP contribution in [0.5, 0.6) is 0 Å². The van der Waals surface area contributed by atoms with Gasteiger partial charge < -0.3 is 9.52 Å². The molecule has 0 aliphatic heterocycles. The third-order valence-electron chi connectivity index (χ3n) is 3.87. The van der Waals surface area contributed by atoms with Gasteiger partial charge in [-0.05, 0) is 36.6 Å². The number of hydrogen-bond donors (Lipinski definition) is 1. The molecular weight excluding hydrogens is 216 g/mol. The molecule has 1 heterocycles. The lowest BCUT2D eigenvalue weighted by molar-refractivity contribution is -0.143. The Balaban J connectivity index is 2.14. The van der Waals surface area contributed by atoms with Gasteiger partial charge in [0.2, 0.25) is 0 Å². The van der Waals surface area contributed by atoms with Crippen molar-refractivity contribution in [3.05, 3.63) is 36.1 Å². The van der Waals surface area contributed by atoms with E-state index in [4.69, 9.17) is 4.42 Å². The molecule has 1 fully saturated rings. The lowest BCUT2D eigenvalue weighted by Crippen LogP contribution is -2.32. The summed E-state index contributed by atoms with van der Waals surface area (Å²) in [6.45, 7) is 0. The molecule has 1 aliphatic rings. The molecular formula is C14H14O3. The lowest BCUT2D eigenvalue weighted by atomic mass is 9.79. The van der Waals surface area contributed by atoms with Crippen LogP contribution in [0.4, 0.5) is 0 Å². The molecule has 0 unspecified atom stereocenters. The third-order valence-corrected chi connectivity index (χ3v) is 3.87. The van der Waals surface area contributed by atoms with Gasteiger partial charge in [0.15, 0.2) is 0 Å². The summed E-state index contributed by atoms with van der Waals surface area (Å²) in [5.41, 5.74) is 1.05. The molecule has 3 nitrogen and oxygen atoms in total. The highest BCUT2D eigenvalue weighted by Gasteiger charge is 2.42. The van der Waals surface area contributed by atoms with Crippen molar-refractivity contribution in [3.8, 4) is 0 Å². The summed E-state index contributed by atoms with van der Waals surface area (Å²) in [5.74, 6) is -0.696. The van der Waals surface area contributed by atoms with Crippen molar-refractivity contribution in [2.45, 2.75) is 31.1 Å². The molecule has 0 saturated heterocycles. The van der Waals surface area contributed by atoms with Crippen LogP contribution in [0, 0.1) is 0 Å². The number of carboxylic acids is 1. The second-order valence-electron chi connectivity index (χ2n) is 4.77. The Morgan fingerprint density at radius 1 is 1.24 bits per heavy atom. The van der Waals surface area contributed by atoms with Crippen molar-refractivity contribution in [1.82, 2.24) is 0 Å². The molecule has 1 aromatic heterocycles. The second-order valence-corrected chi connectivity index (χ2v) is 4.77. The van der Waals surface area contributed by atoms with Gasteiger partial charge >= 0.3 is 5.97 Å². The van der Waals surface area contributed by atoms with Crippen LogP contribution in [-0.2, 0) is 10.2 Å². The van der Waals surface area contributed by atoms with Gasteiger partial charge in [0.1, 0.15) is 5.58 Å².